The van der Waals surface area contributed by atoms with Gasteiger partial charge in [0.2, 0.25) is 0 Å². The van der Waals surface area contributed by atoms with E-state index in [1.807, 2.05) is 6.07 Å². The summed E-state index contributed by atoms with van der Waals surface area (Å²) in [5.74, 6) is -0.270. The van der Waals surface area contributed by atoms with E-state index in [0.717, 1.165) is 52.1 Å². The standard InChI is InChI=1S/C23H36FN3O/c1-22(2,16-26-12-10-25(3)11-13-26)17-27-18-8-9-19(27)15-23(28,14-18)20-6-4-5-7-21(20)24/h4-7,18-19,28H,8-17H2,1-3H3/t18-,19+,23?. The number of piperazine rings is 1. The number of hydrogen-bond donors (Lipinski definition) is 1. The van der Waals surface area contributed by atoms with Crippen LogP contribution in [0.15, 0.2) is 24.3 Å². The SMILES string of the molecule is CN1CCN(CC(C)(C)CN2[C@@H]3CC[C@H]2CC(O)(c2ccccc2F)C3)CC1. The Balaban J connectivity index is 1.42. The van der Waals surface area contributed by atoms with Gasteiger partial charge in [-0.15, -0.1) is 0 Å². The van der Waals surface area contributed by atoms with Gasteiger partial charge >= 0.3 is 0 Å². The smallest absolute Gasteiger partial charge is 0.129 e. The zero-order valence-electron chi connectivity index (χ0n) is 17.7. The molecule has 1 aromatic carbocycles. The molecule has 0 spiro atoms. The van der Waals surface area contributed by atoms with Crippen LogP contribution in [0.1, 0.15) is 45.1 Å². The van der Waals surface area contributed by atoms with Crippen LogP contribution < -0.4 is 0 Å². The zero-order chi connectivity index (χ0) is 19.9. The molecule has 28 heavy (non-hydrogen) atoms. The van der Waals surface area contributed by atoms with Crippen molar-refractivity contribution >= 4 is 0 Å². The molecule has 0 aliphatic carbocycles. The maximum Gasteiger partial charge on any atom is 0.129 e. The Morgan fingerprint density at radius 2 is 1.64 bits per heavy atom. The highest BCUT2D eigenvalue weighted by atomic mass is 19.1. The fourth-order valence-corrected chi connectivity index (χ4v) is 5.79. The molecule has 3 fully saturated rings. The second-order valence-electron chi connectivity index (χ2n) is 10.2. The third-order valence-corrected chi connectivity index (χ3v) is 7.15. The van der Waals surface area contributed by atoms with Crippen molar-refractivity contribution < 1.29 is 9.50 Å². The number of nitrogens with zero attached hydrogens (tertiary/aromatic N) is 3. The topological polar surface area (TPSA) is 30.0 Å². The van der Waals surface area contributed by atoms with Crippen LogP contribution in [0.2, 0.25) is 0 Å². The molecule has 0 aromatic heterocycles. The summed E-state index contributed by atoms with van der Waals surface area (Å²) in [5.41, 5.74) is -0.317. The van der Waals surface area contributed by atoms with E-state index in [1.54, 1.807) is 12.1 Å². The minimum Gasteiger partial charge on any atom is -0.385 e. The van der Waals surface area contributed by atoms with Gasteiger partial charge < -0.3 is 14.9 Å². The van der Waals surface area contributed by atoms with Crippen molar-refractivity contribution in [1.82, 2.24) is 14.7 Å². The molecule has 1 unspecified atom stereocenters. The summed E-state index contributed by atoms with van der Waals surface area (Å²) in [5, 5.41) is 11.3. The largest absolute Gasteiger partial charge is 0.385 e. The van der Waals surface area contributed by atoms with Crippen molar-refractivity contribution in [1.29, 1.82) is 0 Å². The van der Waals surface area contributed by atoms with Gasteiger partial charge in [-0.25, -0.2) is 4.39 Å². The molecular weight excluding hydrogens is 353 g/mol. The molecule has 4 nitrogen and oxygen atoms in total. The Labute approximate surface area is 169 Å². The van der Waals surface area contributed by atoms with E-state index < -0.39 is 5.60 Å². The van der Waals surface area contributed by atoms with Crippen molar-refractivity contribution in [2.45, 2.75) is 57.2 Å². The van der Waals surface area contributed by atoms with Gasteiger partial charge in [0, 0.05) is 56.9 Å². The molecule has 3 saturated heterocycles. The first kappa shape index (κ1) is 20.3. The quantitative estimate of drug-likeness (QED) is 0.839. The summed E-state index contributed by atoms with van der Waals surface area (Å²) in [6, 6.07) is 7.49. The number of likely N-dealkylation sites (N-methyl/N-ethyl adjacent to an activating group) is 1. The lowest BCUT2D eigenvalue weighted by molar-refractivity contribution is -0.0693. The molecular formula is C23H36FN3O. The number of hydrogen-bond acceptors (Lipinski definition) is 4. The lowest BCUT2D eigenvalue weighted by atomic mass is 9.79. The van der Waals surface area contributed by atoms with E-state index in [0.29, 0.717) is 30.5 Å². The number of rotatable bonds is 5. The number of fused-ring (bicyclic) bond motifs is 2. The van der Waals surface area contributed by atoms with Gasteiger partial charge in [0.25, 0.3) is 0 Å². The molecule has 0 radical (unpaired) electrons. The molecule has 1 aromatic rings. The Morgan fingerprint density at radius 1 is 1.04 bits per heavy atom. The van der Waals surface area contributed by atoms with E-state index in [9.17, 15) is 9.50 Å². The molecule has 3 aliphatic heterocycles. The summed E-state index contributed by atoms with van der Waals surface area (Å²) >= 11 is 0. The predicted molar refractivity (Wildman–Crippen MR) is 111 cm³/mol. The minimum absolute atomic E-state index is 0.213. The third kappa shape index (κ3) is 4.13. The maximum atomic E-state index is 14.4. The fraction of sp³-hybridized carbons (Fsp3) is 0.739. The number of aliphatic hydroxyl groups is 1. The molecule has 1 N–H and O–H groups in total. The van der Waals surface area contributed by atoms with Gasteiger partial charge in [0.15, 0.2) is 0 Å². The van der Waals surface area contributed by atoms with Crippen LogP contribution in [0.5, 0.6) is 0 Å². The van der Waals surface area contributed by atoms with Crippen molar-refractivity contribution in [2.75, 3.05) is 46.3 Å². The molecule has 156 valence electrons. The first-order valence-corrected chi connectivity index (χ1v) is 10.9. The van der Waals surface area contributed by atoms with E-state index in [4.69, 9.17) is 0 Å². The van der Waals surface area contributed by atoms with Gasteiger partial charge in [-0.2, -0.15) is 0 Å². The van der Waals surface area contributed by atoms with Gasteiger partial charge in [-0.3, -0.25) is 4.90 Å². The first-order valence-electron chi connectivity index (χ1n) is 10.9. The van der Waals surface area contributed by atoms with Crippen molar-refractivity contribution in [3.63, 3.8) is 0 Å². The van der Waals surface area contributed by atoms with Crippen LogP contribution in [-0.4, -0.2) is 78.2 Å². The van der Waals surface area contributed by atoms with Gasteiger partial charge in [-0.05, 0) is 44.2 Å². The summed E-state index contributed by atoms with van der Waals surface area (Å²) in [4.78, 5) is 7.63. The van der Waals surface area contributed by atoms with Crippen LogP contribution >= 0.6 is 0 Å². The highest BCUT2D eigenvalue weighted by molar-refractivity contribution is 5.26. The Hall–Kier alpha value is -1.01. The summed E-state index contributed by atoms with van der Waals surface area (Å²) in [7, 11) is 2.20. The molecule has 2 bridgehead atoms. The van der Waals surface area contributed by atoms with E-state index in [1.165, 1.54) is 6.07 Å². The van der Waals surface area contributed by atoms with Crippen molar-refractivity contribution in [2.24, 2.45) is 5.41 Å². The monoisotopic (exact) mass is 389 g/mol. The summed E-state index contributed by atoms with van der Waals surface area (Å²) in [6.07, 6.45) is 3.53. The van der Waals surface area contributed by atoms with E-state index in [-0.39, 0.29) is 11.2 Å². The molecule has 3 aliphatic rings. The molecule has 0 saturated carbocycles. The first-order chi connectivity index (χ1) is 13.3. The minimum atomic E-state index is -1.02. The average Bonchev–Trinajstić information content (AvgIpc) is 2.87. The molecule has 3 heterocycles. The Bertz CT molecular complexity index is 672. The molecule has 5 heteroatoms. The van der Waals surface area contributed by atoms with Crippen LogP contribution in [-0.2, 0) is 5.60 Å². The fourth-order valence-electron chi connectivity index (χ4n) is 5.79. The van der Waals surface area contributed by atoms with Crippen LogP contribution in [0.4, 0.5) is 4.39 Å². The van der Waals surface area contributed by atoms with Crippen LogP contribution in [0, 0.1) is 11.2 Å². The van der Waals surface area contributed by atoms with Gasteiger partial charge in [-0.1, -0.05) is 32.0 Å². The van der Waals surface area contributed by atoms with Gasteiger partial charge in [0.05, 0.1) is 5.60 Å². The average molecular weight is 390 g/mol. The summed E-state index contributed by atoms with van der Waals surface area (Å²) < 4.78 is 14.4. The maximum absolute atomic E-state index is 14.4. The Morgan fingerprint density at radius 3 is 2.25 bits per heavy atom. The van der Waals surface area contributed by atoms with Crippen molar-refractivity contribution in [3.8, 4) is 0 Å². The third-order valence-electron chi connectivity index (χ3n) is 7.15. The van der Waals surface area contributed by atoms with Crippen molar-refractivity contribution in [3.05, 3.63) is 35.6 Å². The zero-order valence-corrected chi connectivity index (χ0v) is 17.7. The molecule has 3 atom stereocenters. The second kappa shape index (κ2) is 7.67. The van der Waals surface area contributed by atoms with E-state index in [2.05, 4.69) is 35.6 Å². The molecule has 0 amide bonds. The molecule has 4 rings (SSSR count). The lowest BCUT2D eigenvalue weighted by Crippen LogP contribution is -2.55. The van der Waals surface area contributed by atoms with Crippen LogP contribution in [0.3, 0.4) is 0 Å². The highest BCUT2D eigenvalue weighted by Crippen LogP contribution is 2.47. The Kier molecular flexibility index (Phi) is 5.56. The van der Waals surface area contributed by atoms with E-state index >= 15 is 0 Å². The normalized spacial score (nSPS) is 32.8. The highest BCUT2D eigenvalue weighted by Gasteiger charge is 2.50. The number of halogens is 1. The predicted octanol–water partition coefficient (Wildman–Crippen LogP) is 2.91. The number of benzene rings is 1. The lowest BCUT2D eigenvalue weighted by Gasteiger charge is -2.47. The number of piperidine rings is 1. The summed E-state index contributed by atoms with van der Waals surface area (Å²) in [6.45, 7) is 11.5. The van der Waals surface area contributed by atoms with Crippen LogP contribution in [0.25, 0.3) is 0 Å². The van der Waals surface area contributed by atoms with Gasteiger partial charge in [0.1, 0.15) is 5.82 Å². The second-order valence-corrected chi connectivity index (χ2v) is 10.2.